The number of nitriles is 1. The van der Waals surface area contributed by atoms with Crippen molar-refractivity contribution in [1.82, 2.24) is 0 Å². The summed E-state index contributed by atoms with van der Waals surface area (Å²) in [5, 5.41) is 25.1. The van der Waals surface area contributed by atoms with Crippen molar-refractivity contribution in [3.05, 3.63) is 62.9 Å². The zero-order valence-electron chi connectivity index (χ0n) is 12.0. The van der Waals surface area contributed by atoms with Crippen molar-refractivity contribution in [3.8, 4) is 6.07 Å². The molecule has 0 radical (unpaired) electrons. The third-order valence-electron chi connectivity index (χ3n) is 2.97. The number of nitro benzene ring substituents is 1. The Morgan fingerprint density at radius 3 is 2.75 bits per heavy atom. The van der Waals surface area contributed by atoms with Crippen molar-refractivity contribution in [3.63, 3.8) is 0 Å². The highest BCUT2D eigenvalue weighted by Gasteiger charge is 2.15. The van der Waals surface area contributed by atoms with Crippen LogP contribution in [0.15, 0.2) is 36.4 Å². The number of hydrogen-bond acceptors (Lipinski definition) is 5. The number of anilines is 2. The standard InChI is InChI=1S/C15H10ClFN4O3/c16-10-2-1-9(7-18)13(5-10)20-15(22)8-19-11-3-4-12(17)14(6-11)21(23)24/h1-6,19H,8H2,(H,20,22). The predicted molar refractivity (Wildman–Crippen MR) is 86.3 cm³/mol. The van der Waals surface area contributed by atoms with Gasteiger partial charge in [0.1, 0.15) is 6.07 Å². The summed E-state index contributed by atoms with van der Waals surface area (Å²) >= 11 is 5.82. The van der Waals surface area contributed by atoms with Gasteiger partial charge < -0.3 is 10.6 Å². The minimum atomic E-state index is -0.965. The van der Waals surface area contributed by atoms with Gasteiger partial charge in [-0.1, -0.05) is 11.6 Å². The molecule has 122 valence electrons. The summed E-state index contributed by atoms with van der Waals surface area (Å²) in [6, 6.07) is 9.53. The van der Waals surface area contributed by atoms with Crippen molar-refractivity contribution in [2.75, 3.05) is 17.2 Å². The number of carbonyl (C=O) groups excluding carboxylic acids is 1. The number of halogens is 2. The summed E-state index contributed by atoms with van der Waals surface area (Å²) in [5.74, 6) is -1.46. The van der Waals surface area contributed by atoms with E-state index in [1.165, 1.54) is 24.3 Å². The number of carbonyl (C=O) groups is 1. The molecule has 0 aliphatic heterocycles. The molecule has 7 nitrogen and oxygen atoms in total. The van der Waals surface area contributed by atoms with E-state index in [1.807, 2.05) is 6.07 Å². The van der Waals surface area contributed by atoms with E-state index in [4.69, 9.17) is 16.9 Å². The first-order valence-corrected chi connectivity index (χ1v) is 6.96. The van der Waals surface area contributed by atoms with Crippen LogP contribution in [0.5, 0.6) is 0 Å². The van der Waals surface area contributed by atoms with Gasteiger partial charge in [-0.05, 0) is 30.3 Å². The molecule has 2 aromatic carbocycles. The molecule has 0 aliphatic carbocycles. The summed E-state index contributed by atoms with van der Waals surface area (Å²) in [6.07, 6.45) is 0. The van der Waals surface area contributed by atoms with Gasteiger partial charge in [0.2, 0.25) is 11.7 Å². The Bertz CT molecular complexity index is 851. The fraction of sp³-hybridized carbons (Fsp3) is 0.0667. The minimum absolute atomic E-state index is 0.213. The topological polar surface area (TPSA) is 108 Å². The summed E-state index contributed by atoms with van der Waals surface area (Å²) < 4.78 is 13.2. The van der Waals surface area contributed by atoms with E-state index in [1.54, 1.807) is 0 Å². The quantitative estimate of drug-likeness (QED) is 0.636. The van der Waals surface area contributed by atoms with E-state index in [-0.39, 0.29) is 23.5 Å². The number of nitro groups is 1. The maximum Gasteiger partial charge on any atom is 0.306 e. The van der Waals surface area contributed by atoms with Gasteiger partial charge in [0.05, 0.1) is 22.7 Å². The van der Waals surface area contributed by atoms with Crippen LogP contribution >= 0.6 is 11.6 Å². The number of nitrogens with one attached hydrogen (secondary N) is 2. The van der Waals surface area contributed by atoms with E-state index < -0.39 is 22.3 Å². The van der Waals surface area contributed by atoms with E-state index in [0.29, 0.717) is 5.02 Å². The minimum Gasteiger partial charge on any atom is -0.376 e. The zero-order chi connectivity index (χ0) is 17.7. The SMILES string of the molecule is N#Cc1ccc(Cl)cc1NC(=O)CNc1ccc(F)c([N+](=O)[O-])c1. The van der Waals surface area contributed by atoms with E-state index in [9.17, 15) is 19.3 Å². The Labute approximate surface area is 140 Å². The molecule has 0 atom stereocenters. The zero-order valence-corrected chi connectivity index (χ0v) is 12.8. The summed E-state index contributed by atoms with van der Waals surface area (Å²) in [4.78, 5) is 21.7. The van der Waals surface area contributed by atoms with Crippen molar-refractivity contribution >= 4 is 34.6 Å². The highest BCUT2D eigenvalue weighted by molar-refractivity contribution is 6.31. The van der Waals surface area contributed by atoms with Gasteiger partial charge in [-0.25, -0.2) is 0 Å². The molecule has 2 aromatic rings. The Morgan fingerprint density at radius 1 is 1.33 bits per heavy atom. The third kappa shape index (κ3) is 4.18. The summed E-state index contributed by atoms with van der Waals surface area (Å²) in [5.41, 5.74) is 0.0129. The Morgan fingerprint density at radius 2 is 2.08 bits per heavy atom. The van der Waals surface area contributed by atoms with Crippen LogP contribution in [0.2, 0.25) is 5.02 Å². The van der Waals surface area contributed by atoms with E-state index in [0.717, 1.165) is 12.1 Å². The Kier molecular flexibility index (Phi) is 5.29. The lowest BCUT2D eigenvalue weighted by Crippen LogP contribution is -2.22. The average molecular weight is 349 g/mol. The molecule has 0 heterocycles. The van der Waals surface area contributed by atoms with Crippen molar-refractivity contribution in [2.24, 2.45) is 0 Å². The summed E-state index contributed by atoms with van der Waals surface area (Å²) in [6.45, 7) is -0.236. The molecule has 0 spiro atoms. The van der Waals surface area contributed by atoms with Crippen LogP contribution in [0.3, 0.4) is 0 Å². The lowest BCUT2D eigenvalue weighted by atomic mass is 10.2. The van der Waals surface area contributed by atoms with Gasteiger partial charge in [-0.2, -0.15) is 9.65 Å². The molecule has 0 saturated heterocycles. The molecule has 0 bridgehead atoms. The molecule has 0 aliphatic rings. The normalized spacial score (nSPS) is 9.88. The van der Waals surface area contributed by atoms with Crippen LogP contribution in [-0.2, 0) is 4.79 Å². The molecule has 1 amide bonds. The van der Waals surface area contributed by atoms with Gasteiger partial charge in [0.25, 0.3) is 0 Å². The van der Waals surface area contributed by atoms with E-state index >= 15 is 0 Å². The molecule has 24 heavy (non-hydrogen) atoms. The van der Waals surface area contributed by atoms with E-state index in [2.05, 4.69) is 10.6 Å². The van der Waals surface area contributed by atoms with Crippen LogP contribution in [0.25, 0.3) is 0 Å². The molecular weight excluding hydrogens is 339 g/mol. The van der Waals surface area contributed by atoms with Gasteiger partial charge >= 0.3 is 5.69 Å². The average Bonchev–Trinajstić information content (AvgIpc) is 2.54. The first-order valence-electron chi connectivity index (χ1n) is 6.58. The van der Waals surface area contributed by atoms with Crippen LogP contribution in [-0.4, -0.2) is 17.4 Å². The maximum atomic E-state index is 13.2. The Balaban J connectivity index is 2.04. The summed E-state index contributed by atoms with van der Waals surface area (Å²) in [7, 11) is 0. The number of benzene rings is 2. The fourth-order valence-electron chi connectivity index (χ4n) is 1.86. The van der Waals surface area contributed by atoms with Crippen molar-refractivity contribution in [1.29, 1.82) is 5.26 Å². The van der Waals surface area contributed by atoms with Gasteiger partial charge in [-0.3, -0.25) is 14.9 Å². The smallest absolute Gasteiger partial charge is 0.306 e. The predicted octanol–water partition coefficient (Wildman–Crippen LogP) is 3.31. The van der Waals surface area contributed by atoms with Gasteiger partial charge in [0.15, 0.2) is 0 Å². The van der Waals surface area contributed by atoms with Crippen LogP contribution in [0.1, 0.15) is 5.56 Å². The molecule has 0 aromatic heterocycles. The van der Waals surface area contributed by atoms with Gasteiger partial charge in [-0.15, -0.1) is 0 Å². The largest absolute Gasteiger partial charge is 0.376 e. The molecular formula is C15H10ClFN4O3. The molecule has 2 N–H and O–H groups in total. The first kappa shape index (κ1) is 17.2. The lowest BCUT2D eigenvalue weighted by molar-refractivity contribution is -0.387. The van der Waals surface area contributed by atoms with Crippen molar-refractivity contribution in [2.45, 2.75) is 0 Å². The van der Waals surface area contributed by atoms with Gasteiger partial charge in [0, 0.05) is 16.8 Å². The van der Waals surface area contributed by atoms with Crippen molar-refractivity contribution < 1.29 is 14.1 Å². The second-order valence-corrected chi connectivity index (χ2v) is 5.06. The van der Waals surface area contributed by atoms with Crippen LogP contribution in [0, 0.1) is 27.3 Å². The first-order chi connectivity index (χ1) is 11.4. The number of nitrogens with zero attached hydrogens (tertiary/aromatic N) is 2. The second-order valence-electron chi connectivity index (χ2n) is 4.63. The monoisotopic (exact) mass is 348 g/mol. The molecule has 2 rings (SSSR count). The van der Waals surface area contributed by atoms with Crippen LogP contribution in [0.4, 0.5) is 21.5 Å². The third-order valence-corrected chi connectivity index (χ3v) is 3.21. The van der Waals surface area contributed by atoms with Crippen LogP contribution < -0.4 is 10.6 Å². The highest BCUT2D eigenvalue weighted by atomic mass is 35.5. The number of rotatable bonds is 5. The molecule has 0 fully saturated rings. The number of hydrogen-bond donors (Lipinski definition) is 2. The number of amides is 1. The molecule has 0 saturated carbocycles. The highest BCUT2D eigenvalue weighted by Crippen LogP contribution is 2.22. The maximum absolute atomic E-state index is 13.2. The molecule has 0 unspecified atom stereocenters. The fourth-order valence-corrected chi connectivity index (χ4v) is 2.03. The lowest BCUT2D eigenvalue weighted by Gasteiger charge is -2.09. The second kappa shape index (κ2) is 7.39. The Hall–Kier alpha value is -3.18. The molecule has 9 heteroatoms.